The molecule has 154 valence electrons. The highest BCUT2D eigenvalue weighted by molar-refractivity contribution is 7.99. The number of thioether (sulfide) groups is 1. The molecule has 5 nitrogen and oxygen atoms in total. The first-order chi connectivity index (χ1) is 14.0. The molecule has 6 heteroatoms. The summed E-state index contributed by atoms with van der Waals surface area (Å²) < 4.78 is 11.0. The number of ether oxygens (including phenoxy) is 2. The third-order valence-corrected chi connectivity index (χ3v) is 6.09. The Bertz CT molecular complexity index is 896. The molecule has 1 amide bonds. The molecule has 29 heavy (non-hydrogen) atoms. The lowest BCUT2D eigenvalue weighted by atomic mass is 10.1. The number of carbonyl (C=O) groups is 2. The van der Waals surface area contributed by atoms with Crippen molar-refractivity contribution >= 4 is 29.1 Å². The molecule has 0 bridgehead atoms. The normalized spacial score (nSPS) is 13.6. The summed E-state index contributed by atoms with van der Waals surface area (Å²) in [6.07, 6.45) is 1.39. The van der Waals surface area contributed by atoms with Crippen LogP contribution in [0.5, 0.6) is 11.5 Å². The molecule has 0 saturated carbocycles. The summed E-state index contributed by atoms with van der Waals surface area (Å²) in [6, 6.07) is 11.2. The Morgan fingerprint density at radius 1 is 1.07 bits per heavy atom. The van der Waals surface area contributed by atoms with E-state index in [1.54, 1.807) is 18.2 Å². The fraction of sp³-hybridized carbons (Fsp3) is 0.391. The highest BCUT2D eigenvalue weighted by Gasteiger charge is 2.16. The molecular formula is C23H27NO4S. The fourth-order valence-electron chi connectivity index (χ4n) is 2.97. The Balaban J connectivity index is 1.54. The lowest BCUT2D eigenvalue weighted by Crippen LogP contribution is -2.16. The van der Waals surface area contributed by atoms with Crippen LogP contribution in [0.1, 0.15) is 49.0 Å². The van der Waals surface area contributed by atoms with Crippen LogP contribution in [0.4, 0.5) is 5.69 Å². The minimum Gasteiger partial charge on any atom is -0.486 e. The minimum absolute atomic E-state index is 0.0888. The van der Waals surface area contributed by atoms with E-state index in [-0.39, 0.29) is 24.5 Å². The maximum Gasteiger partial charge on any atom is 0.224 e. The molecule has 2 aromatic carbocycles. The van der Waals surface area contributed by atoms with Crippen molar-refractivity contribution < 1.29 is 19.1 Å². The topological polar surface area (TPSA) is 64.6 Å². The number of anilines is 1. The first-order valence-electron chi connectivity index (χ1n) is 9.96. The second-order valence-corrected chi connectivity index (χ2v) is 8.66. The number of hydrogen-bond acceptors (Lipinski definition) is 5. The van der Waals surface area contributed by atoms with E-state index in [1.165, 1.54) is 4.90 Å². The molecule has 3 rings (SSSR count). The zero-order valence-corrected chi connectivity index (χ0v) is 17.9. The summed E-state index contributed by atoms with van der Waals surface area (Å²) in [5, 5.41) is 3.47. The maximum atomic E-state index is 12.5. The molecule has 0 spiro atoms. The van der Waals surface area contributed by atoms with Gasteiger partial charge in [-0.25, -0.2) is 0 Å². The average Bonchev–Trinajstić information content (AvgIpc) is 2.73. The third-order valence-electron chi connectivity index (χ3n) is 4.83. The number of hydrogen-bond donors (Lipinski definition) is 1. The summed E-state index contributed by atoms with van der Waals surface area (Å²) in [5.41, 5.74) is 2.34. The van der Waals surface area contributed by atoms with Gasteiger partial charge in [-0.3, -0.25) is 9.59 Å². The maximum absolute atomic E-state index is 12.5. The number of nitrogens with one attached hydrogen (secondary N) is 1. The van der Waals surface area contributed by atoms with E-state index in [2.05, 4.69) is 25.2 Å². The largest absolute Gasteiger partial charge is 0.486 e. The standard InChI is InChI=1S/C23H27NO4S/c1-4-16(3)29-18-6-7-19(15(2)13-18)24-23(26)10-8-20(25)17-5-9-21-22(14-17)28-12-11-27-21/h5-7,9,13-14,16H,4,8,10-12H2,1-3H3,(H,24,26). The van der Waals surface area contributed by atoms with Gasteiger partial charge in [-0.15, -0.1) is 11.8 Å². The van der Waals surface area contributed by atoms with Gasteiger partial charge in [0.15, 0.2) is 17.3 Å². The van der Waals surface area contributed by atoms with Crippen molar-refractivity contribution in [1.82, 2.24) is 0 Å². The summed E-state index contributed by atoms with van der Waals surface area (Å²) in [5.74, 6) is 0.976. The lowest BCUT2D eigenvalue weighted by Gasteiger charge is -2.18. The average molecular weight is 414 g/mol. The van der Waals surface area contributed by atoms with Crippen LogP contribution < -0.4 is 14.8 Å². The molecule has 0 saturated heterocycles. The van der Waals surface area contributed by atoms with Crippen LogP contribution in [-0.4, -0.2) is 30.2 Å². The van der Waals surface area contributed by atoms with Crippen molar-refractivity contribution in [3.8, 4) is 11.5 Å². The van der Waals surface area contributed by atoms with Crippen LogP contribution in [0.3, 0.4) is 0 Å². The summed E-state index contributed by atoms with van der Waals surface area (Å²) in [7, 11) is 0. The molecule has 0 aliphatic carbocycles. The predicted octanol–water partition coefficient (Wildman–Crippen LogP) is 5.26. The molecule has 1 unspecified atom stereocenters. The van der Waals surface area contributed by atoms with E-state index in [9.17, 15) is 9.59 Å². The Hall–Kier alpha value is -2.47. The number of benzene rings is 2. The van der Waals surface area contributed by atoms with Crippen molar-refractivity contribution in [3.63, 3.8) is 0 Å². The van der Waals surface area contributed by atoms with Crippen LogP contribution in [-0.2, 0) is 4.79 Å². The zero-order chi connectivity index (χ0) is 20.8. The summed E-state index contributed by atoms with van der Waals surface area (Å²) in [6.45, 7) is 7.34. The first kappa shape index (κ1) is 21.2. The first-order valence-corrected chi connectivity index (χ1v) is 10.8. The molecule has 1 heterocycles. The third kappa shape index (κ3) is 5.76. The quantitative estimate of drug-likeness (QED) is 0.472. The van der Waals surface area contributed by atoms with Crippen LogP contribution in [0, 0.1) is 6.92 Å². The Morgan fingerprint density at radius 2 is 1.83 bits per heavy atom. The van der Waals surface area contributed by atoms with E-state index in [1.807, 2.05) is 30.8 Å². The molecule has 0 radical (unpaired) electrons. The second kappa shape index (κ2) is 9.83. The van der Waals surface area contributed by atoms with Gasteiger partial charge in [0.2, 0.25) is 5.91 Å². The minimum atomic E-state index is -0.165. The van der Waals surface area contributed by atoms with Crippen molar-refractivity contribution in [2.75, 3.05) is 18.5 Å². The number of Topliss-reactive ketones (excluding diaryl/α,β-unsaturated/α-hetero) is 1. The van der Waals surface area contributed by atoms with E-state index < -0.39 is 0 Å². The van der Waals surface area contributed by atoms with Crippen molar-refractivity contribution in [2.24, 2.45) is 0 Å². The SMILES string of the molecule is CCC(C)Sc1ccc(NC(=O)CCC(=O)c2ccc3c(c2)OCCO3)c(C)c1. The summed E-state index contributed by atoms with van der Waals surface area (Å²) in [4.78, 5) is 26.0. The van der Waals surface area contributed by atoms with Gasteiger partial charge < -0.3 is 14.8 Å². The molecule has 0 fully saturated rings. The smallest absolute Gasteiger partial charge is 0.224 e. The highest BCUT2D eigenvalue weighted by atomic mass is 32.2. The van der Waals surface area contributed by atoms with Gasteiger partial charge in [-0.2, -0.15) is 0 Å². The van der Waals surface area contributed by atoms with E-state index in [0.717, 1.165) is 17.7 Å². The number of rotatable bonds is 8. The van der Waals surface area contributed by atoms with Gasteiger partial charge in [-0.05, 0) is 55.3 Å². The summed E-state index contributed by atoms with van der Waals surface area (Å²) >= 11 is 1.83. The number of amides is 1. The second-order valence-electron chi connectivity index (χ2n) is 7.14. The molecular weight excluding hydrogens is 386 g/mol. The van der Waals surface area contributed by atoms with Crippen molar-refractivity contribution in [1.29, 1.82) is 0 Å². The van der Waals surface area contributed by atoms with Crippen molar-refractivity contribution in [3.05, 3.63) is 47.5 Å². The van der Waals surface area contributed by atoms with Gasteiger partial charge in [0.05, 0.1) is 0 Å². The van der Waals surface area contributed by atoms with Crippen molar-refractivity contribution in [2.45, 2.75) is 50.2 Å². The number of ketones is 1. The van der Waals surface area contributed by atoms with Gasteiger partial charge >= 0.3 is 0 Å². The Morgan fingerprint density at radius 3 is 2.55 bits per heavy atom. The Labute approximate surface area is 176 Å². The molecule has 1 aliphatic heterocycles. The molecule has 2 aromatic rings. The van der Waals surface area contributed by atoms with Crippen LogP contribution >= 0.6 is 11.8 Å². The molecule has 1 N–H and O–H groups in total. The highest BCUT2D eigenvalue weighted by Crippen LogP contribution is 2.31. The fourth-order valence-corrected chi connectivity index (χ4v) is 3.99. The van der Waals surface area contributed by atoms with E-state index >= 15 is 0 Å². The van der Waals surface area contributed by atoms with Crippen LogP contribution in [0.25, 0.3) is 0 Å². The van der Waals surface area contributed by atoms with Crippen LogP contribution in [0.2, 0.25) is 0 Å². The van der Waals surface area contributed by atoms with Crippen LogP contribution in [0.15, 0.2) is 41.3 Å². The zero-order valence-electron chi connectivity index (χ0n) is 17.1. The van der Waals surface area contributed by atoms with Gasteiger partial charge in [-0.1, -0.05) is 13.8 Å². The predicted molar refractivity (Wildman–Crippen MR) is 116 cm³/mol. The Kier molecular flexibility index (Phi) is 7.20. The van der Waals surface area contributed by atoms with E-state index in [0.29, 0.717) is 35.5 Å². The lowest BCUT2D eigenvalue weighted by molar-refractivity contribution is -0.116. The van der Waals surface area contributed by atoms with Gasteiger partial charge in [0, 0.05) is 34.2 Å². The van der Waals surface area contributed by atoms with Gasteiger partial charge in [0.25, 0.3) is 0 Å². The monoisotopic (exact) mass is 413 g/mol. The molecule has 1 atom stereocenters. The molecule has 1 aliphatic rings. The number of carbonyl (C=O) groups excluding carboxylic acids is 2. The molecule has 0 aromatic heterocycles. The number of fused-ring (bicyclic) bond motifs is 1. The number of aryl methyl sites for hydroxylation is 1. The van der Waals surface area contributed by atoms with Gasteiger partial charge in [0.1, 0.15) is 13.2 Å². The van der Waals surface area contributed by atoms with E-state index in [4.69, 9.17) is 9.47 Å².